The summed E-state index contributed by atoms with van der Waals surface area (Å²) in [6.07, 6.45) is 0.313. The van der Waals surface area contributed by atoms with Gasteiger partial charge in [-0.05, 0) is 65.8 Å². The van der Waals surface area contributed by atoms with Crippen molar-refractivity contribution < 1.29 is 9.18 Å². The third-order valence-corrected chi connectivity index (χ3v) is 5.55. The molecule has 1 N–H and O–H groups in total. The molecule has 0 fully saturated rings. The number of hydrogen-bond donors (Lipinski definition) is 1. The monoisotopic (exact) mass is 396 g/mol. The molecule has 0 atom stereocenters. The molecule has 2 aromatic carbocycles. The molecule has 0 bridgehead atoms. The Morgan fingerprint density at radius 2 is 1.71 bits per heavy atom. The molecule has 1 heterocycles. The number of nitrogens with zero attached hydrogens (tertiary/aromatic N) is 1. The first-order valence-electron chi connectivity index (χ1n) is 9.25. The number of halogens is 1. The lowest BCUT2D eigenvalue weighted by Crippen LogP contribution is -2.17. The van der Waals surface area contributed by atoms with Crippen LogP contribution < -0.4 is 5.32 Å². The van der Waals surface area contributed by atoms with E-state index < -0.39 is 0 Å². The average molecular weight is 397 g/mol. The first-order chi connectivity index (χ1) is 13.1. The molecule has 0 saturated heterocycles. The van der Waals surface area contributed by atoms with Crippen molar-refractivity contribution >= 4 is 22.4 Å². The molecule has 1 amide bonds. The maximum atomic E-state index is 13.1. The van der Waals surface area contributed by atoms with Gasteiger partial charge in [0.15, 0.2) is 5.13 Å². The van der Waals surface area contributed by atoms with Gasteiger partial charge in [-0.15, -0.1) is 11.3 Å². The summed E-state index contributed by atoms with van der Waals surface area (Å²) in [6.45, 7) is 10.7. The highest BCUT2D eigenvalue weighted by molar-refractivity contribution is 7.14. The summed E-state index contributed by atoms with van der Waals surface area (Å²) < 4.78 is 13.1. The van der Waals surface area contributed by atoms with Gasteiger partial charge in [0.2, 0.25) is 5.91 Å². The topological polar surface area (TPSA) is 42.0 Å². The molecular formula is C23H25FN2OS. The predicted octanol–water partition coefficient (Wildman–Crippen LogP) is 6.04. The van der Waals surface area contributed by atoms with E-state index in [0.717, 1.165) is 27.9 Å². The molecular weight excluding hydrogens is 371 g/mol. The van der Waals surface area contributed by atoms with Crippen molar-refractivity contribution in [2.45, 2.75) is 46.5 Å². The number of hydrogen-bond acceptors (Lipinski definition) is 3. The van der Waals surface area contributed by atoms with Crippen molar-refractivity contribution in [2.75, 3.05) is 5.32 Å². The van der Waals surface area contributed by atoms with Gasteiger partial charge in [0.1, 0.15) is 5.82 Å². The number of rotatable bonds is 4. The number of nitrogens with one attached hydrogen (secondary N) is 1. The summed E-state index contributed by atoms with van der Waals surface area (Å²) >= 11 is 1.36. The Labute approximate surface area is 169 Å². The molecule has 0 spiro atoms. The number of benzene rings is 2. The van der Waals surface area contributed by atoms with E-state index in [1.54, 1.807) is 12.1 Å². The van der Waals surface area contributed by atoms with Crippen LogP contribution >= 0.6 is 11.3 Å². The number of aromatic nitrogens is 1. The smallest absolute Gasteiger partial charge is 0.230 e. The zero-order valence-electron chi connectivity index (χ0n) is 16.9. The molecule has 3 nitrogen and oxygen atoms in total. The second-order valence-electron chi connectivity index (χ2n) is 8.11. The highest BCUT2D eigenvalue weighted by Crippen LogP contribution is 2.28. The Balaban J connectivity index is 1.72. The molecule has 5 heteroatoms. The normalized spacial score (nSPS) is 11.5. The molecule has 0 unspecified atom stereocenters. The molecule has 3 rings (SSSR count). The van der Waals surface area contributed by atoms with E-state index in [0.29, 0.717) is 11.6 Å². The Kier molecular flexibility index (Phi) is 5.66. The van der Waals surface area contributed by atoms with Gasteiger partial charge in [-0.2, -0.15) is 0 Å². The van der Waals surface area contributed by atoms with Crippen LogP contribution in [0.5, 0.6) is 0 Å². The first kappa shape index (κ1) is 20.2. The second kappa shape index (κ2) is 7.84. The third kappa shape index (κ3) is 4.65. The number of carbonyl (C=O) groups is 1. The number of thiazole rings is 1. The largest absolute Gasteiger partial charge is 0.302 e. The highest BCUT2D eigenvalue weighted by atomic mass is 32.1. The summed E-state index contributed by atoms with van der Waals surface area (Å²) in [5.41, 5.74) is 6.21. The van der Waals surface area contributed by atoms with Crippen LogP contribution in [0.1, 0.15) is 43.0 Å². The Bertz CT molecular complexity index is 977. The quantitative estimate of drug-likeness (QED) is 0.584. The first-order valence-corrected chi connectivity index (χ1v) is 10.1. The molecule has 1 aromatic heterocycles. The molecule has 0 aliphatic carbocycles. The lowest BCUT2D eigenvalue weighted by Gasteiger charge is -2.22. The van der Waals surface area contributed by atoms with Crippen LogP contribution in [0.15, 0.2) is 41.8 Å². The van der Waals surface area contributed by atoms with E-state index in [-0.39, 0.29) is 17.1 Å². The average Bonchev–Trinajstić information content (AvgIpc) is 3.06. The van der Waals surface area contributed by atoms with Crippen LogP contribution in [-0.2, 0) is 16.6 Å². The van der Waals surface area contributed by atoms with Gasteiger partial charge < -0.3 is 5.32 Å². The van der Waals surface area contributed by atoms with E-state index in [1.807, 2.05) is 5.38 Å². The zero-order chi connectivity index (χ0) is 20.5. The van der Waals surface area contributed by atoms with E-state index in [4.69, 9.17) is 0 Å². The molecule has 28 heavy (non-hydrogen) atoms. The predicted molar refractivity (Wildman–Crippen MR) is 114 cm³/mol. The van der Waals surface area contributed by atoms with E-state index >= 15 is 0 Å². The number of carbonyl (C=O) groups excluding carboxylic acids is 1. The fourth-order valence-electron chi connectivity index (χ4n) is 3.11. The van der Waals surface area contributed by atoms with Crippen LogP contribution in [0.2, 0.25) is 0 Å². The van der Waals surface area contributed by atoms with Crippen LogP contribution in [0.3, 0.4) is 0 Å². The number of amides is 1. The standard InChI is InChI=1S/C23H25FN2OS/c1-14-10-17(23(3,4)5)11-15(2)19(14)12-21(27)26-22-25-20(13-28-22)16-6-8-18(24)9-7-16/h6-11,13H,12H2,1-5H3,(H,25,26,27). The van der Waals surface area contributed by atoms with Crippen molar-refractivity contribution in [2.24, 2.45) is 0 Å². The molecule has 3 aromatic rings. The Hall–Kier alpha value is -2.53. The Morgan fingerprint density at radius 1 is 1.11 bits per heavy atom. The summed E-state index contributed by atoms with van der Waals surface area (Å²) in [5, 5.41) is 5.29. The summed E-state index contributed by atoms with van der Waals surface area (Å²) in [5.74, 6) is -0.370. The van der Waals surface area contributed by atoms with Crippen molar-refractivity contribution in [3.63, 3.8) is 0 Å². The minimum absolute atomic E-state index is 0.0773. The molecule has 0 radical (unpaired) electrons. The van der Waals surface area contributed by atoms with Gasteiger partial charge in [0, 0.05) is 10.9 Å². The summed E-state index contributed by atoms with van der Waals surface area (Å²) in [4.78, 5) is 17.0. The second-order valence-corrected chi connectivity index (χ2v) is 8.97. The zero-order valence-corrected chi connectivity index (χ0v) is 17.7. The van der Waals surface area contributed by atoms with Gasteiger partial charge in [-0.25, -0.2) is 9.37 Å². The van der Waals surface area contributed by atoms with Crippen LogP contribution in [-0.4, -0.2) is 10.9 Å². The van der Waals surface area contributed by atoms with Crippen molar-refractivity contribution in [3.8, 4) is 11.3 Å². The lowest BCUT2D eigenvalue weighted by atomic mass is 9.83. The SMILES string of the molecule is Cc1cc(C(C)(C)C)cc(C)c1CC(=O)Nc1nc(-c2ccc(F)cc2)cs1. The number of aryl methyl sites for hydroxylation is 2. The minimum Gasteiger partial charge on any atom is -0.302 e. The summed E-state index contributed by atoms with van der Waals surface area (Å²) in [6, 6.07) is 10.5. The van der Waals surface area contributed by atoms with E-state index in [1.165, 1.54) is 29.0 Å². The van der Waals surface area contributed by atoms with Gasteiger partial charge >= 0.3 is 0 Å². The number of anilines is 1. The van der Waals surface area contributed by atoms with Gasteiger partial charge in [0.25, 0.3) is 0 Å². The molecule has 0 aliphatic rings. The highest BCUT2D eigenvalue weighted by Gasteiger charge is 2.18. The Morgan fingerprint density at radius 3 is 2.29 bits per heavy atom. The van der Waals surface area contributed by atoms with E-state index in [9.17, 15) is 9.18 Å². The lowest BCUT2D eigenvalue weighted by molar-refractivity contribution is -0.115. The van der Waals surface area contributed by atoms with Crippen molar-refractivity contribution in [1.29, 1.82) is 0 Å². The fourth-order valence-corrected chi connectivity index (χ4v) is 3.85. The molecule has 0 saturated carbocycles. The van der Waals surface area contributed by atoms with Crippen molar-refractivity contribution in [1.82, 2.24) is 4.98 Å². The van der Waals surface area contributed by atoms with Crippen molar-refractivity contribution in [3.05, 3.63) is 69.8 Å². The van der Waals surface area contributed by atoms with Crippen LogP contribution in [0, 0.1) is 19.7 Å². The molecule has 0 aliphatic heterocycles. The maximum Gasteiger partial charge on any atom is 0.230 e. The van der Waals surface area contributed by atoms with E-state index in [2.05, 4.69) is 57.1 Å². The molecule has 146 valence electrons. The maximum absolute atomic E-state index is 13.1. The fraction of sp³-hybridized carbons (Fsp3) is 0.304. The van der Waals surface area contributed by atoms with Gasteiger partial charge in [0.05, 0.1) is 12.1 Å². The van der Waals surface area contributed by atoms with Gasteiger partial charge in [-0.3, -0.25) is 4.79 Å². The third-order valence-electron chi connectivity index (χ3n) is 4.79. The van der Waals surface area contributed by atoms with Crippen LogP contribution in [0.25, 0.3) is 11.3 Å². The van der Waals surface area contributed by atoms with Crippen LogP contribution in [0.4, 0.5) is 9.52 Å². The summed E-state index contributed by atoms with van der Waals surface area (Å²) in [7, 11) is 0. The minimum atomic E-state index is -0.282. The van der Waals surface area contributed by atoms with Gasteiger partial charge in [-0.1, -0.05) is 32.9 Å².